The maximum atomic E-state index is 5.51. The third kappa shape index (κ3) is 3.06. The SMILES string of the molecule is COc1cc(C[NH2+][C@H](C)C23CC4CC(CC(C4)C2)C3)cc(OC)c1OC. The average Bonchev–Trinajstić information content (AvgIpc) is 2.63. The van der Waals surface area contributed by atoms with Crippen molar-refractivity contribution < 1.29 is 19.5 Å². The number of nitrogens with two attached hydrogens (primary N) is 1. The van der Waals surface area contributed by atoms with Crippen LogP contribution < -0.4 is 19.5 Å². The van der Waals surface area contributed by atoms with E-state index in [0.29, 0.717) is 17.2 Å². The van der Waals surface area contributed by atoms with Gasteiger partial charge < -0.3 is 19.5 Å². The molecular weight excluding hydrogens is 326 g/mol. The molecule has 4 saturated carbocycles. The molecular formula is C22H34NO3+. The molecule has 0 heterocycles. The third-order valence-electron chi connectivity index (χ3n) is 7.48. The summed E-state index contributed by atoms with van der Waals surface area (Å²) in [4.78, 5) is 0. The quantitative estimate of drug-likeness (QED) is 0.811. The highest BCUT2D eigenvalue weighted by molar-refractivity contribution is 5.53. The van der Waals surface area contributed by atoms with Crippen LogP contribution >= 0.6 is 0 Å². The Labute approximate surface area is 157 Å². The summed E-state index contributed by atoms with van der Waals surface area (Å²) in [6.45, 7) is 3.42. The van der Waals surface area contributed by atoms with Crippen LogP contribution in [0.25, 0.3) is 0 Å². The molecule has 1 aromatic carbocycles. The van der Waals surface area contributed by atoms with E-state index < -0.39 is 0 Å². The summed E-state index contributed by atoms with van der Waals surface area (Å²) in [5, 5.41) is 2.55. The molecule has 2 N–H and O–H groups in total. The predicted molar refractivity (Wildman–Crippen MR) is 102 cm³/mol. The fraction of sp³-hybridized carbons (Fsp3) is 0.727. The molecule has 4 heteroatoms. The first kappa shape index (κ1) is 18.0. The highest BCUT2D eigenvalue weighted by atomic mass is 16.5. The molecule has 4 aliphatic rings. The van der Waals surface area contributed by atoms with Crippen molar-refractivity contribution in [3.05, 3.63) is 17.7 Å². The van der Waals surface area contributed by atoms with Crippen LogP contribution in [0.5, 0.6) is 17.2 Å². The lowest BCUT2D eigenvalue weighted by molar-refractivity contribution is -0.717. The van der Waals surface area contributed by atoms with Gasteiger partial charge in [0, 0.05) is 11.0 Å². The van der Waals surface area contributed by atoms with Gasteiger partial charge in [-0.2, -0.15) is 0 Å². The Bertz CT molecular complexity index is 596. The molecule has 5 rings (SSSR count). The summed E-state index contributed by atoms with van der Waals surface area (Å²) in [6, 6.07) is 4.85. The standard InChI is InChI=1S/C22H33NO3/c1-14(22-10-15-5-16(11-22)7-17(6-15)12-22)23-13-18-8-19(24-2)21(26-4)20(9-18)25-3/h8-9,14-17,23H,5-7,10-13H2,1-4H3/p+1/t14-,15?,16?,17?,22?/m1/s1. The van der Waals surface area contributed by atoms with Crippen molar-refractivity contribution in [2.45, 2.75) is 58.0 Å². The van der Waals surface area contributed by atoms with Gasteiger partial charge in [0.2, 0.25) is 5.75 Å². The van der Waals surface area contributed by atoms with Crippen LogP contribution in [-0.4, -0.2) is 27.4 Å². The van der Waals surface area contributed by atoms with E-state index in [-0.39, 0.29) is 0 Å². The van der Waals surface area contributed by atoms with Gasteiger partial charge in [0.25, 0.3) is 0 Å². The minimum absolute atomic E-state index is 0.579. The number of hydrogen-bond acceptors (Lipinski definition) is 3. The van der Waals surface area contributed by atoms with Crippen molar-refractivity contribution in [3.63, 3.8) is 0 Å². The molecule has 0 radical (unpaired) electrons. The van der Waals surface area contributed by atoms with Crippen LogP contribution in [-0.2, 0) is 6.54 Å². The first-order valence-electron chi connectivity index (χ1n) is 10.2. The minimum Gasteiger partial charge on any atom is -0.493 e. The summed E-state index contributed by atoms with van der Waals surface area (Å²) in [5.41, 5.74) is 1.81. The molecule has 0 aromatic heterocycles. The fourth-order valence-electron chi connectivity index (χ4n) is 6.55. The van der Waals surface area contributed by atoms with E-state index in [4.69, 9.17) is 14.2 Å². The average molecular weight is 361 g/mol. The largest absolute Gasteiger partial charge is 0.493 e. The van der Waals surface area contributed by atoms with Gasteiger partial charge in [0.15, 0.2) is 11.5 Å². The minimum atomic E-state index is 0.579. The zero-order valence-corrected chi connectivity index (χ0v) is 16.7. The Morgan fingerprint density at radius 1 is 0.923 bits per heavy atom. The summed E-state index contributed by atoms with van der Waals surface area (Å²) in [5.74, 6) is 5.21. The van der Waals surface area contributed by atoms with E-state index in [1.807, 2.05) is 0 Å². The van der Waals surface area contributed by atoms with Gasteiger partial charge in [0.05, 0.1) is 27.4 Å². The number of ether oxygens (including phenoxy) is 3. The van der Waals surface area contributed by atoms with E-state index in [0.717, 1.165) is 35.8 Å². The van der Waals surface area contributed by atoms with Crippen molar-refractivity contribution in [2.24, 2.45) is 23.2 Å². The van der Waals surface area contributed by atoms with Crippen LogP contribution in [0.2, 0.25) is 0 Å². The normalized spacial score (nSPS) is 33.2. The Kier molecular flexibility index (Phi) is 4.81. The second kappa shape index (κ2) is 6.95. The van der Waals surface area contributed by atoms with Crippen LogP contribution in [0.1, 0.15) is 51.0 Å². The Hall–Kier alpha value is -1.42. The molecule has 0 spiro atoms. The fourth-order valence-corrected chi connectivity index (χ4v) is 6.55. The second-order valence-electron chi connectivity index (χ2n) is 9.04. The monoisotopic (exact) mass is 360 g/mol. The smallest absolute Gasteiger partial charge is 0.203 e. The van der Waals surface area contributed by atoms with E-state index in [1.54, 1.807) is 21.3 Å². The number of hydrogen-bond donors (Lipinski definition) is 1. The van der Waals surface area contributed by atoms with Crippen molar-refractivity contribution in [2.75, 3.05) is 21.3 Å². The number of quaternary nitrogens is 1. The third-order valence-corrected chi connectivity index (χ3v) is 7.48. The number of benzene rings is 1. The van der Waals surface area contributed by atoms with E-state index in [1.165, 1.54) is 44.1 Å². The Morgan fingerprint density at radius 3 is 1.85 bits per heavy atom. The summed E-state index contributed by atoms with van der Waals surface area (Å²) < 4.78 is 16.5. The van der Waals surface area contributed by atoms with Gasteiger partial charge in [0.1, 0.15) is 6.54 Å². The summed E-state index contributed by atoms with van der Waals surface area (Å²) in [7, 11) is 5.02. The van der Waals surface area contributed by atoms with Gasteiger partial charge in [-0.1, -0.05) is 0 Å². The summed E-state index contributed by atoms with van der Waals surface area (Å²) in [6.07, 6.45) is 8.93. The first-order chi connectivity index (χ1) is 12.6. The van der Waals surface area contributed by atoms with Gasteiger partial charge in [-0.25, -0.2) is 0 Å². The molecule has 4 fully saturated rings. The number of methoxy groups -OCH3 is 3. The lowest BCUT2D eigenvalue weighted by Crippen LogP contribution is -2.91. The molecule has 0 aliphatic heterocycles. The van der Waals surface area contributed by atoms with Gasteiger partial charge in [-0.05, 0) is 75.3 Å². The van der Waals surface area contributed by atoms with Crippen molar-refractivity contribution >= 4 is 0 Å². The summed E-state index contributed by atoms with van der Waals surface area (Å²) >= 11 is 0. The zero-order chi connectivity index (χ0) is 18.3. The zero-order valence-electron chi connectivity index (χ0n) is 16.7. The van der Waals surface area contributed by atoms with E-state index >= 15 is 0 Å². The molecule has 0 saturated heterocycles. The first-order valence-corrected chi connectivity index (χ1v) is 10.2. The van der Waals surface area contributed by atoms with Gasteiger partial charge in [-0.3, -0.25) is 0 Å². The second-order valence-corrected chi connectivity index (χ2v) is 9.04. The van der Waals surface area contributed by atoms with Crippen LogP contribution in [0.3, 0.4) is 0 Å². The van der Waals surface area contributed by atoms with Crippen LogP contribution in [0.15, 0.2) is 12.1 Å². The molecule has 0 unspecified atom stereocenters. The van der Waals surface area contributed by atoms with Crippen molar-refractivity contribution in [1.82, 2.24) is 0 Å². The maximum Gasteiger partial charge on any atom is 0.203 e. The highest BCUT2D eigenvalue weighted by Gasteiger charge is 2.54. The van der Waals surface area contributed by atoms with Crippen molar-refractivity contribution in [1.29, 1.82) is 0 Å². The Morgan fingerprint density at radius 2 is 1.42 bits per heavy atom. The Balaban J connectivity index is 1.47. The molecule has 1 atom stereocenters. The molecule has 4 aliphatic carbocycles. The van der Waals surface area contributed by atoms with Crippen LogP contribution in [0.4, 0.5) is 0 Å². The van der Waals surface area contributed by atoms with Crippen LogP contribution in [0, 0.1) is 23.2 Å². The topological polar surface area (TPSA) is 44.3 Å². The molecule has 4 nitrogen and oxygen atoms in total. The molecule has 1 aromatic rings. The lowest BCUT2D eigenvalue weighted by atomic mass is 9.48. The van der Waals surface area contributed by atoms with Gasteiger partial charge in [-0.15, -0.1) is 0 Å². The molecule has 4 bridgehead atoms. The number of rotatable bonds is 7. The van der Waals surface area contributed by atoms with E-state index in [9.17, 15) is 0 Å². The molecule has 26 heavy (non-hydrogen) atoms. The molecule has 144 valence electrons. The van der Waals surface area contributed by atoms with E-state index in [2.05, 4.69) is 24.4 Å². The predicted octanol–water partition coefficient (Wildman–Crippen LogP) is 3.38. The molecule has 0 amide bonds. The lowest BCUT2D eigenvalue weighted by Gasteiger charge is -2.57. The maximum absolute atomic E-state index is 5.51. The highest BCUT2D eigenvalue weighted by Crippen LogP contribution is 2.60. The van der Waals surface area contributed by atoms with Crippen molar-refractivity contribution in [3.8, 4) is 17.2 Å². The van der Waals surface area contributed by atoms with Gasteiger partial charge >= 0.3 is 0 Å².